The van der Waals surface area contributed by atoms with E-state index >= 15 is 0 Å². The van der Waals surface area contributed by atoms with Crippen molar-refractivity contribution in [3.63, 3.8) is 0 Å². The van der Waals surface area contributed by atoms with Crippen LogP contribution in [0.2, 0.25) is 0 Å². The summed E-state index contributed by atoms with van der Waals surface area (Å²) >= 11 is 0. The molecule has 0 radical (unpaired) electrons. The Hall–Kier alpha value is -3.22. The maximum absolute atomic E-state index is 11.8. The number of para-hydroxylation sites is 1. The Morgan fingerprint density at radius 2 is 2.00 bits per heavy atom. The van der Waals surface area contributed by atoms with Gasteiger partial charge in [0, 0.05) is 19.2 Å². The fourth-order valence-electron chi connectivity index (χ4n) is 2.28. The topological polar surface area (TPSA) is 85.6 Å². The van der Waals surface area contributed by atoms with Gasteiger partial charge in [-0.2, -0.15) is 0 Å². The number of ether oxygens (including phenoxy) is 1. The number of aldehydes is 1. The van der Waals surface area contributed by atoms with Crippen molar-refractivity contribution in [2.24, 2.45) is 0 Å². The van der Waals surface area contributed by atoms with Crippen molar-refractivity contribution < 1.29 is 14.3 Å². The molecule has 7 nitrogen and oxygen atoms in total. The minimum atomic E-state index is -0.260. The number of benzene rings is 1. The summed E-state index contributed by atoms with van der Waals surface area (Å²) in [6, 6.07) is 12.4. The molecule has 1 amide bonds. The van der Waals surface area contributed by atoms with Crippen LogP contribution in [0.3, 0.4) is 0 Å². The smallest absolute Gasteiger partial charge is 0.257 e. The summed E-state index contributed by atoms with van der Waals surface area (Å²) in [5.74, 6) is 0.911. The van der Waals surface area contributed by atoms with E-state index in [0.29, 0.717) is 30.6 Å². The Bertz CT molecular complexity index is 860. The number of carbonyl (C=O) groups is 2. The summed E-state index contributed by atoms with van der Waals surface area (Å²) in [5.41, 5.74) is 1.19. The largest absolute Gasteiger partial charge is 0.483 e. The van der Waals surface area contributed by atoms with Gasteiger partial charge in [0.05, 0.1) is 5.56 Å². The molecule has 0 aliphatic rings. The molecule has 122 valence electrons. The maximum Gasteiger partial charge on any atom is 0.257 e. The molecule has 0 spiro atoms. The van der Waals surface area contributed by atoms with Gasteiger partial charge in [0.1, 0.15) is 11.6 Å². The Morgan fingerprint density at radius 1 is 1.17 bits per heavy atom. The number of pyridine rings is 1. The summed E-state index contributed by atoms with van der Waals surface area (Å²) in [6.07, 6.45) is 3.14. The number of hydrogen-bond acceptors (Lipinski definition) is 5. The molecule has 0 saturated heterocycles. The van der Waals surface area contributed by atoms with Crippen LogP contribution in [0.4, 0.5) is 0 Å². The van der Waals surface area contributed by atoms with Crippen molar-refractivity contribution in [2.75, 3.05) is 13.2 Å². The molecule has 2 aromatic heterocycles. The highest BCUT2D eigenvalue weighted by molar-refractivity contribution is 5.80. The van der Waals surface area contributed by atoms with Crippen molar-refractivity contribution in [1.82, 2.24) is 19.9 Å². The Morgan fingerprint density at radius 3 is 2.88 bits per heavy atom. The van der Waals surface area contributed by atoms with Crippen molar-refractivity contribution in [3.8, 4) is 5.75 Å². The molecule has 1 N–H and O–H groups in total. The van der Waals surface area contributed by atoms with E-state index in [1.165, 1.54) is 0 Å². The molecule has 0 bridgehead atoms. The summed E-state index contributed by atoms with van der Waals surface area (Å²) < 4.78 is 7.25. The molecule has 3 aromatic rings. The number of aromatic nitrogens is 3. The zero-order valence-electron chi connectivity index (χ0n) is 12.9. The Labute approximate surface area is 138 Å². The lowest BCUT2D eigenvalue weighted by Crippen LogP contribution is -2.31. The standard InChI is InChI=1S/C17H16N4O3/c22-11-13-5-1-2-6-14(13)24-12-17(23)18-9-8-16-20-19-15-7-3-4-10-21(15)16/h1-7,10-11H,8-9,12H2,(H,18,23). The lowest BCUT2D eigenvalue weighted by atomic mass is 10.2. The highest BCUT2D eigenvalue weighted by Gasteiger charge is 2.08. The SMILES string of the molecule is O=Cc1ccccc1OCC(=O)NCCc1nnc2ccccn12. The van der Waals surface area contributed by atoms with Gasteiger partial charge in [-0.1, -0.05) is 18.2 Å². The van der Waals surface area contributed by atoms with E-state index in [-0.39, 0.29) is 12.5 Å². The van der Waals surface area contributed by atoms with Crippen molar-refractivity contribution in [2.45, 2.75) is 6.42 Å². The lowest BCUT2D eigenvalue weighted by Gasteiger charge is -2.08. The summed E-state index contributed by atoms with van der Waals surface area (Å²) in [6.45, 7) is 0.276. The average molecular weight is 324 g/mol. The Balaban J connectivity index is 1.48. The maximum atomic E-state index is 11.8. The molecule has 0 fully saturated rings. The minimum Gasteiger partial charge on any atom is -0.483 e. The van der Waals surface area contributed by atoms with E-state index in [1.54, 1.807) is 24.3 Å². The first kappa shape index (κ1) is 15.7. The lowest BCUT2D eigenvalue weighted by molar-refractivity contribution is -0.123. The van der Waals surface area contributed by atoms with Gasteiger partial charge in [-0.05, 0) is 24.3 Å². The summed E-state index contributed by atoms with van der Waals surface area (Å²) in [5, 5.41) is 10.9. The quantitative estimate of drug-likeness (QED) is 0.662. The minimum absolute atomic E-state index is 0.147. The zero-order chi connectivity index (χ0) is 16.8. The first-order valence-electron chi connectivity index (χ1n) is 7.50. The first-order chi connectivity index (χ1) is 11.8. The van der Waals surface area contributed by atoms with Gasteiger partial charge in [-0.3, -0.25) is 14.0 Å². The second kappa shape index (κ2) is 7.36. The molecular weight excluding hydrogens is 308 g/mol. The molecule has 3 rings (SSSR count). The van der Waals surface area contributed by atoms with E-state index in [4.69, 9.17) is 4.74 Å². The number of rotatable bonds is 7. The number of hydrogen-bond donors (Lipinski definition) is 1. The Kier molecular flexibility index (Phi) is 4.81. The van der Waals surface area contributed by atoms with Gasteiger partial charge in [0.2, 0.25) is 0 Å². The highest BCUT2D eigenvalue weighted by atomic mass is 16.5. The zero-order valence-corrected chi connectivity index (χ0v) is 12.9. The van der Waals surface area contributed by atoms with Gasteiger partial charge in [0.25, 0.3) is 5.91 Å². The van der Waals surface area contributed by atoms with E-state index < -0.39 is 0 Å². The normalized spacial score (nSPS) is 10.5. The van der Waals surface area contributed by atoms with Gasteiger partial charge < -0.3 is 10.1 Å². The van der Waals surface area contributed by atoms with E-state index in [2.05, 4.69) is 15.5 Å². The number of amides is 1. The van der Waals surface area contributed by atoms with Gasteiger partial charge >= 0.3 is 0 Å². The molecule has 24 heavy (non-hydrogen) atoms. The van der Waals surface area contributed by atoms with E-state index in [9.17, 15) is 9.59 Å². The van der Waals surface area contributed by atoms with Gasteiger partial charge in [-0.15, -0.1) is 10.2 Å². The third kappa shape index (κ3) is 3.57. The third-order valence-corrected chi connectivity index (χ3v) is 3.46. The molecule has 7 heteroatoms. The molecule has 0 saturated carbocycles. The first-order valence-corrected chi connectivity index (χ1v) is 7.50. The molecule has 1 aromatic carbocycles. The van der Waals surface area contributed by atoms with Crippen molar-refractivity contribution in [3.05, 3.63) is 60.0 Å². The molecule has 0 aliphatic carbocycles. The fourth-order valence-corrected chi connectivity index (χ4v) is 2.28. The fraction of sp³-hybridized carbons (Fsp3) is 0.176. The number of nitrogens with one attached hydrogen (secondary N) is 1. The highest BCUT2D eigenvalue weighted by Crippen LogP contribution is 2.15. The molecule has 0 atom stereocenters. The van der Waals surface area contributed by atoms with Crippen LogP contribution in [0.5, 0.6) is 5.75 Å². The van der Waals surface area contributed by atoms with Crippen molar-refractivity contribution >= 4 is 17.8 Å². The molecule has 0 aliphatic heterocycles. The molecular formula is C17H16N4O3. The van der Waals surface area contributed by atoms with Crippen LogP contribution in [0.1, 0.15) is 16.2 Å². The summed E-state index contributed by atoms with van der Waals surface area (Å²) in [4.78, 5) is 22.7. The van der Waals surface area contributed by atoms with Gasteiger partial charge in [-0.25, -0.2) is 0 Å². The predicted octanol–water partition coefficient (Wildman–Crippen LogP) is 1.28. The van der Waals surface area contributed by atoms with E-state index in [1.807, 2.05) is 28.8 Å². The van der Waals surface area contributed by atoms with Gasteiger partial charge in [0.15, 0.2) is 18.5 Å². The number of fused-ring (bicyclic) bond motifs is 1. The van der Waals surface area contributed by atoms with Crippen LogP contribution in [0, 0.1) is 0 Å². The van der Waals surface area contributed by atoms with Crippen LogP contribution < -0.4 is 10.1 Å². The van der Waals surface area contributed by atoms with Crippen molar-refractivity contribution in [1.29, 1.82) is 0 Å². The monoisotopic (exact) mass is 324 g/mol. The molecule has 2 heterocycles. The third-order valence-electron chi connectivity index (χ3n) is 3.46. The second-order valence-electron chi connectivity index (χ2n) is 5.09. The van der Waals surface area contributed by atoms with Crippen LogP contribution in [-0.2, 0) is 11.2 Å². The van der Waals surface area contributed by atoms with Crippen LogP contribution in [-0.4, -0.2) is 39.9 Å². The van der Waals surface area contributed by atoms with Crippen LogP contribution in [0.15, 0.2) is 48.7 Å². The average Bonchev–Trinajstić information content (AvgIpc) is 3.03. The van der Waals surface area contributed by atoms with Crippen LogP contribution >= 0.6 is 0 Å². The second-order valence-corrected chi connectivity index (χ2v) is 5.09. The predicted molar refractivity (Wildman–Crippen MR) is 87.0 cm³/mol. The van der Waals surface area contributed by atoms with Crippen LogP contribution in [0.25, 0.3) is 5.65 Å². The molecule has 0 unspecified atom stereocenters. The summed E-state index contributed by atoms with van der Waals surface area (Å²) in [7, 11) is 0. The number of carbonyl (C=O) groups excluding carboxylic acids is 2. The number of nitrogens with zero attached hydrogens (tertiary/aromatic N) is 3. The van der Waals surface area contributed by atoms with E-state index in [0.717, 1.165) is 11.5 Å².